The fourth-order valence-electron chi connectivity index (χ4n) is 1.24. The lowest BCUT2D eigenvalue weighted by Crippen LogP contribution is -2.24. The Labute approximate surface area is 102 Å². The molecule has 0 fully saturated rings. The van der Waals surface area contributed by atoms with Gasteiger partial charge in [0.15, 0.2) is 0 Å². The molecule has 0 saturated carbocycles. The fourth-order valence-corrected chi connectivity index (χ4v) is 1.24. The summed E-state index contributed by atoms with van der Waals surface area (Å²) in [7, 11) is 1.49. The van der Waals surface area contributed by atoms with Crippen molar-refractivity contribution in [1.29, 1.82) is 0 Å². The van der Waals surface area contributed by atoms with Crippen LogP contribution in [0, 0.1) is 0 Å². The number of hydrogen-bond donors (Lipinski definition) is 3. The molecule has 0 aliphatic heterocycles. The third-order valence-corrected chi connectivity index (χ3v) is 2.11. The van der Waals surface area contributed by atoms with Crippen molar-refractivity contribution in [1.82, 2.24) is 20.4 Å². The second-order valence-corrected chi connectivity index (χ2v) is 3.43. The molecule has 1 aromatic heterocycles. The lowest BCUT2D eigenvalue weighted by molar-refractivity contribution is 0.0963. The minimum atomic E-state index is -1.24. The van der Waals surface area contributed by atoms with Crippen LogP contribution >= 0.6 is 0 Å². The Kier molecular flexibility index (Phi) is 4.85. The smallest absolute Gasteiger partial charge is 0.404 e. The van der Waals surface area contributed by atoms with Crippen molar-refractivity contribution >= 4 is 12.0 Å². The van der Waals surface area contributed by atoms with E-state index in [1.807, 2.05) is 5.32 Å². The number of amides is 2. The van der Waals surface area contributed by atoms with Crippen molar-refractivity contribution in [3.63, 3.8) is 0 Å². The maximum Gasteiger partial charge on any atom is 0.404 e. The van der Waals surface area contributed by atoms with Gasteiger partial charge in [-0.3, -0.25) is 9.48 Å². The van der Waals surface area contributed by atoms with E-state index in [2.05, 4.69) is 10.4 Å². The Morgan fingerprint density at radius 1 is 1.61 bits per heavy atom. The predicted octanol–water partition coefficient (Wildman–Crippen LogP) is 0.364. The van der Waals surface area contributed by atoms with Gasteiger partial charge in [-0.15, -0.1) is 0 Å². The first-order valence-corrected chi connectivity index (χ1v) is 5.06. The van der Waals surface area contributed by atoms with Crippen molar-refractivity contribution < 1.29 is 19.1 Å². The molecule has 3 N–H and O–H groups in total. The molecule has 0 saturated heterocycles. The summed E-state index contributed by atoms with van der Waals surface area (Å²) in [6.07, 6.45) is 1.88. The van der Waals surface area contributed by atoms with Gasteiger partial charge in [0.25, 0.3) is 5.91 Å². The van der Waals surface area contributed by atoms with Crippen LogP contribution in [0.3, 0.4) is 0 Å². The van der Waals surface area contributed by atoms with Crippen LogP contribution in [0.5, 0.6) is 0 Å². The minimum absolute atomic E-state index is 0.0633. The van der Waals surface area contributed by atoms with Gasteiger partial charge in [0.1, 0.15) is 0 Å². The fraction of sp³-hybridized carbons (Fsp3) is 0.300. The number of nitrogens with zero attached hydrogens (tertiary/aromatic N) is 2. The van der Waals surface area contributed by atoms with E-state index in [9.17, 15) is 14.0 Å². The first kappa shape index (κ1) is 13.7. The zero-order chi connectivity index (χ0) is 13.5. The molecule has 0 unspecified atom stereocenters. The SMILES string of the molecule is CNC(=O)c1cnn(CC(=CF)CNC(=O)O)c1. The highest BCUT2D eigenvalue weighted by Crippen LogP contribution is 2.02. The van der Waals surface area contributed by atoms with E-state index in [-0.39, 0.29) is 24.6 Å². The molecule has 7 nitrogen and oxygen atoms in total. The predicted molar refractivity (Wildman–Crippen MR) is 60.8 cm³/mol. The number of aromatic nitrogens is 2. The lowest BCUT2D eigenvalue weighted by atomic mass is 10.3. The first-order valence-electron chi connectivity index (χ1n) is 5.06. The highest BCUT2D eigenvalue weighted by Gasteiger charge is 2.08. The van der Waals surface area contributed by atoms with E-state index in [1.165, 1.54) is 24.1 Å². The highest BCUT2D eigenvalue weighted by molar-refractivity contribution is 5.93. The van der Waals surface area contributed by atoms with E-state index >= 15 is 0 Å². The normalized spacial score (nSPS) is 11.1. The van der Waals surface area contributed by atoms with Crippen LogP contribution in [0.2, 0.25) is 0 Å². The van der Waals surface area contributed by atoms with Gasteiger partial charge in [-0.05, 0) is 5.57 Å². The van der Waals surface area contributed by atoms with E-state index < -0.39 is 6.09 Å². The van der Waals surface area contributed by atoms with Crippen LogP contribution in [0.1, 0.15) is 10.4 Å². The molecule has 0 aromatic carbocycles. The average molecular weight is 256 g/mol. The zero-order valence-corrected chi connectivity index (χ0v) is 9.68. The molecular formula is C10H13FN4O3. The van der Waals surface area contributed by atoms with Gasteiger partial charge in [0.2, 0.25) is 0 Å². The summed E-state index contributed by atoms with van der Waals surface area (Å²) in [4.78, 5) is 21.5. The van der Waals surface area contributed by atoms with Crippen LogP contribution < -0.4 is 10.6 Å². The number of hydrogen-bond acceptors (Lipinski definition) is 3. The summed E-state index contributed by atoms with van der Waals surface area (Å²) in [6, 6.07) is 0. The van der Waals surface area contributed by atoms with Crippen LogP contribution in [0.4, 0.5) is 9.18 Å². The molecule has 0 aliphatic rings. The van der Waals surface area contributed by atoms with Crippen LogP contribution in [0.15, 0.2) is 24.3 Å². The highest BCUT2D eigenvalue weighted by atomic mass is 19.1. The second kappa shape index (κ2) is 6.38. The van der Waals surface area contributed by atoms with E-state index in [1.54, 1.807) is 0 Å². The molecule has 0 spiro atoms. The molecule has 2 amide bonds. The van der Waals surface area contributed by atoms with Gasteiger partial charge >= 0.3 is 6.09 Å². The van der Waals surface area contributed by atoms with E-state index in [0.29, 0.717) is 11.9 Å². The molecule has 98 valence electrons. The summed E-state index contributed by atoms with van der Waals surface area (Å²) in [5, 5.41) is 16.7. The standard InChI is InChI=1S/C10H13FN4O3/c1-12-9(16)8-4-14-15(6-8)5-7(2-11)3-13-10(17)18/h2,4,6,13H,3,5H2,1H3,(H,12,16)(H,17,18). The van der Waals surface area contributed by atoms with Gasteiger partial charge in [-0.25, -0.2) is 9.18 Å². The van der Waals surface area contributed by atoms with Crippen molar-refractivity contribution in [3.8, 4) is 0 Å². The largest absolute Gasteiger partial charge is 0.465 e. The Bertz CT molecular complexity index is 469. The molecule has 0 atom stereocenters. The van der Waals surface area contributed by atoms with Crippen molar-refractivity contribution in [2.24, 2.45) is 0 Å². The van der Waals surface area contributed by atoms with Gasteiger partial charge in [-0.1, -0.05) is 0 Å². The molecule has 0 bridgehead atoms. The quantitative estimate of drug-likeness (QED) is 0.708. The van der Waals surface area contributed by atoms with Crippen LogP contribution in [-0.4, -0.2) is 40.5 Å². The number of carbonyl (C=O) groups excluding carboxylic acids is 1. The van der Waals surface area contributed by atoms with E-state index in [0.717, 1.165) is 0 Å². The molecule has 0 radical (unpaired) electrons. The molecule has 8 heteroatoms. The summed E-state index contributed by atoms with van der Waals surface area (Å²) in [5.41, 5.74) is 0.547. The van der Waals surface area contributed by atoms with Crippen molar-refractivity contribution in [2.45, 2.75) is 6.54 Å². The summed E-state index contributed by atoms with van der Waals surface area (Å²) in [6.45, 7) is -0.0746. The zero-order valence-electron chi connectivity index (χ0n) is 9.68. The number of carboxylic acid groups (broad SMARTS) is 1. The Balaban J connectivity index is 2.63. The minimum Gasteiger partial charge on any atom is -0.465 e. The van der Waals surface area contributed by atoms with Gasteiger partial charge in [-0.2, -0.15) is 5.10 Å². The first-order chi connectivity index (χ1) is 8.56. The Hall–Kier alpha value is -2.38. The van der Waals surface area contributed by atoms with Crippen LogP contribution in [0.25, 0.3) is 0 Å². The summed E-state index contributed by atoms with van der Waals surface area (Å²) >= 11 is 0. The Morgan fingerprint density at radius 3 is 2.89 bits per heavy atom. The van der Waals surface area contributed by atoms with Crippen molar-refractivity contribution in [2.75, 3.05) is 13.6 Å². The number of carbonyl (C=O) groups is 2. The Morgan fingerprint density at radius 2 is 2.33 bits per heavy atom. The number of rotatable bonds is 5. The molecule has 1 heterocycles. The van der Waals surface area contributed by atoms with Gasteiger partial charge in [0, 0.05) is 19.8 Å². The molecular weight excluding hydrogens is 243 g/mol. The van der Waals surface area contributed by atoms with Crippen LogP contribution in [-0.2, 0) is 6.54 Å². The van der Waals surface area contributed by atoms with Crippen molar-refractivity contribution in [3.05, 3.63) is 29.9 Å². The maximum atomic E-state index is 12.5. The van der Waals surface area contributed by atoms with Gasteiger partial charge in [0.05, 0.1) is 24.6 Å². The molecule has 18 heavy (non-hydrogen) atoms. The molecule has 0 aliphatic carbocycles. The number of nitrogens with one attached hydrogen (secondary N) is 2. The molecule has 1 aromatic rings. The monoisotopic (exact) mass is 256 g/mol. The third kappa shape index (κ3) is 3.89. The second-order valence-electron chi connectivity index (χ2n) is 3.43. The number of halogens is 1. The van der Waals surface area contributed by atoms with E-state index in [4.69, 9.17) is 5.11 Å². The third-order valence-electron chi connectivity index (χ3n) is 2.11. The van der Waals surface area contributed by atoms with Gasteiger partial charge < -0.3 is 15.7 Å². The molecule has 1 rings (SSSR count). The summed E-state index contributed by atoms with van der Waals surface area (Å²) < 4.78 is 13.9. The average Bonchev–Trinajstić information content (AvgIpc) is 2.81. The maximum absolute atomic E-state index is 12.5. The topological polar surface area (TPSA) is 96.3 Å². The lowest BCUT2D eigenvalue weighted by Gasteiger charge is -2.05. The summed E-state index contributed by atoms with van der Waals surface area (Å²) in [5.74, 6) is -0.296.